The number of hydrogen-bond acceptors (Lipinski definition) is 7. The lowest BCUT2D eigenvalue weighted by Gasteiger charge is -2.39. The van der Waals surface area contributed by atoms with Crippen LogP contribution in [0, 0.1) is 0 Å². The zero-order chi connectivity index (χ0) is 24.3. The SMILES string of the molecule is O=C(CCS(=O)(=O)c1cccc2nonc12)N1CCN(C(c2ccccc2)c2ccccc2)CC1. The van der Waals surface area contributed by atoms with Gasteiger partial charge in [0.05, 0.1) is 16.7 Å². The molecule has 9 heteroatoms. The molecule has 0 spiro atoms. The van der Waals surface area contributed by atoms with Gasteiger partial charge < -0.3 is 4.90 Å². The van der Waals surface area contributed by atoms with Gasteiger partial charge in [-0.05, 0) is 33.6 Å². The van der Waals surface area contributed by atoms with Crippen molar-refractivity contribution in [3.63, 3.8) is 0 Å². The molecule has 1 saturated heterocycles. The minimum absolute atomic E-state index is 0.0439. The predicted molar refractivity (Wildman–Crippen MR) is 131 cm³/mol. The second kappa shape index (κ2) is 9.97. The lowest BCUT2D eigenvalue weighted by atomic mass is 9.96. The number of nitrogens with zero attached hydrogens (tertiary/aromatic N) is 4. The van der Waals surface area contributed by atoms with Gasteiger partial charge in [-0.25, -0.2) is 13.0 Å². The number of fused-ring (bicyclic) bond motifs is 1. The highest BCUT2D eigenvalue weighted by atomic mass is 32.2. The van der Waals surface area contributed by atoms with Crippen LogP contribution in [-0.2, 0) is 14.6 Å². The molecular weight excluding hydrogens is 464 g/mol. The van der Waals surface area contributed by atoms with Crippen LogP contribution in [0.3, 0.4) is 0 Å². The first-order valence-corrected chi connectivity index (χ1v) is 13.2. The standard InChI is InChI=1S/C26H26N4O4S/c31-24(14-19-35(32,33)23-13-7-12-22-25(23)28-34-27-22)29-15-17-30(18-16-29)26(20-8-3-1-4-9-20)21-10-5-2-6-11-21/h1-13,26H,14-19H2. The van der Waals surface area contributed by atoms with Crippen LogP contribution in [-0.4, -0.2) is 66.4 Å². The summed E-state index contributed by atoms with van der Waals surface area (Å²) in [5, 5.41) is 7.41. The van der Waals surface area contributed by atoms with Crippen LogP contribution in [0.1, 0.15) is 23.6 Å². The average Bonchev–Trinajstić information content (AvgIpc) is 3.38. The molecular formula is C26H26N4O4S. The lowest BCUT2D eigenvalue weighted by Crippen LogP contribution is -2.50. The number of carbonyl (C=O) groups excluding carboxylic acids is 1. The van der Waals surface area contributed by atoms with Gasteiger partial charge in [-0.2, -0.15) is 0 Å². The Balaban J connectivity index is 1.23. The molecule has 3 aromatic carbocycles. The van der Waals surface area contributed by atoms with Crippen molar-refractivity contribution in [2.75, 3.05) is 31.9 Å². The van der Waals surface area contributed by atoms with E-state index in [4.69, 9.17) is 0 Å². The van der Waals surface area contributed by atoms with Gasteiger partial charge in [-0.15, -0.1) is 0 Å². The van der Waals surface area contributed by atoms with Gasteiger partial charge in [-0.3, -0.25) is 9.69 Å². The molecule has 0 radical (unpaired) electrons. The highest BCUT2D eigenvalue weighted by Gasteiger charge is 2.29. The number of carbonyl (C=O) groups is 1. The van der Waals surface area contributed by atoms with Gasteiger partial charge >= 0.3 is 0 Å². The fraction of sp³-hybridized carbons (Fsp3) is 0.269. The van der Waals surface area contributed by atoms with Crippen molar-refractivity contribution in [1.82, 2.24) is 20.1 Å². The van der Waals surface area contributed by atoms with Gasteiger partial charge in [-0.1, -0.05) is 66.7 Å². The number of benzene rings is 3. The molecule has 0 N–H and O–H groups in total. The Kier molecular flexibility index (Phi) is 6.61. The topological polar surface area (TPSA) is 96.6 Å². The minimum atomic E-state index is -3.71. The van der Waals surface area contributed by atoms with E-state index >= 15 is 0 Å². The summed E-state index contributed by atoms with van der Waals surface area (Å²) in [7, 11) is -3.71. The van der Waals surface area contributed by atoms with Crippen molar-refractivity contribution in [3.8, 4) is 0 Å². The van der Waals surface area contributed by atoms with Crippen LogP contribution in [0.15, 0.2) is 88.4 Å². The summed E-state index contributed by atoms with van der Waals surface area (Å²) >= 11 is 0. The molecule has 35 heavy (non-hydrogen) atoms. The molecule has 0 aliphatic carbocycles. The lowest BCUT2D eigenvalue weighted by molar-refractivity contribution is -0.132. The van der Waals surface area contributed by atoms with Crippen molar-refractivity contribution in [1.29, 1.82) is 0 Å². The van der Waals surface area contributed by atoms with Crippen LogP contribution in [0.5, 0.6) is 0 Å². The van der Waals surface area contributed by atoms with Crippen LogP contribution in [0.25, 0.3) is 11.0 Å². The normalized spacial score (nSPS) is 15.1. The van der Waals surface area contributed by atoms with Crippen molar-refractivity contribution < 1.29 is 17.8 Å². The van der Waals surface area contributed by atoms with E-state index in [0.717, 1.165) is 0 Å². The van der Waals surface area contributed by atoms with Crippen LogP contribution >= 0.6 is 0 Å². The third-order valence-corrected chi connectivity index (χ3v) is 8.17. The summed E-state index contributed by atoms with van der Waals surface area (Å²) in [5.41, 5.74) is 2.99. The Morgan fingerprint density at radius 1 is 0.829 bits per heavy atom. The summed E-state index contributed by atoms with van der Waals surface area (Å²) in [6.45, 7) is 2.52. The molecule has 5 rings (SSSR count). The predicted octanol–water partition coefficient (Wildman–Crippen LogP) is 3.32. The van der Waals surface area contributed by atoms with Crippen molar-refractivity contribution >= 4 is 26.8 Å². The summed E-state index contributed by atoms with van der Waals surface area (Å²) in [6, 6.07) is 25.5. The first kappa shape index (κ1) is 23.2. The fourth-order valence-corrected chi connectivity index (χ4v) is 6.02. The molecule has 0 unspecified atom stereocenters. The van der Waals surface area contributed by atoms with Gasteiger partial charge in [0.1, 0.15) is 5.52 Å². The number of rotatable bonds is 7. The maximum absolute atomic E-state index is 12.9. The quantitative estimate of drug-likeness (QED) is 0.392. The Morgan fingerprint density at radius 3 is 2.09 bits per heavy atom. The second-order valence-corrected chi connectivity index (χ2v) is 10.7. The smallest absolute Gasteiger partial charge is 0.223 e. The molecule has 1 aromatic heterocycles. The molecule has 1 fully saturated rings. The number of hydrogen-bond donors (Lipinski definition) is 0. The summed E-state index contributed by atoms with van der Waals surface area (Å²) in [5.74, 6) is -0.441. The third kappa shape index (κ3) is 4.96. The molecule has 2 heterocycles. The highest BCUT2D eigenvalue weighted by Crippen LogP contribution is 2.29. The zero-order valence-electron chi connectivity index (χ0n) is 19.2. The molecule has 180 valence electrons. The number of amides is 1. The van der Waals surface area contributed by atoms with E-state index in [-0.39, 0.29) is 34.5 Å². The van der Waals surface area contributed by atoms with E-state index in [1.54, 1.807) is 17.0 Å². The Bertz CT molecular complexity index is 1360. The maximum atomic E-state index is 12.9. The average molecular weight is 491 g/mol. The zero-order valence-corrected chi connectivity index (χ0v) is 20.0. The van der Waals surface area contributed by atoms with Crippen LogP contribution in [0.4, 0.5) is 0 Å². The minimum Gasteiger partial charge on any atom is -0.340 e. The van der Waals surface area contributed by atoms with E-state index in [1.807, 2.05) is 36.4 Å². The van der Waals surface area contributed by atoms with E-state index in [9.17, 15) is 13.2 Å². The second-order valence-electron chi connectivity index (χ2n) is 8.60. The Labute approximate surface area is 204 Å². The van der Waals surface area contributed by atoms with E-state index in [2.05, 4.69) is 44.1 Å². The number of piperazine rings is 1. The monoisotopic (exact) mass is 490 g/mol. The first-order chi connectivity index (χ1) is 17.0. The van der Waals surface area contributed by atoms with Gasteiger partial charge in [0.25, 0.3) is 0 Å². The molecule has 1 aliphatic rings. The Morgan fingerprint density at radius 2 is 1.46 bits per heavy atom. The molecule has 4 aromatic rings. The highest BCUT2D eigenvalue weighted by molar-refractivity contribution is 7.91. The third-order valence-electron chi connectivity index (χ3n) is 6.43. The van der Waals surface area contributed by atoms with Crippen LogP contribution < -0.4 is 0 Å². The number of aromatic nitrogens is 2. The van der Waals surface area contributed by atoms with E-state index in [1.165, 1.54) is 17.2 Å². The molecule has 0 bridgehead atoms. The molecule has 0 saturated carbocycles. The summed E-state index contributed by atoms with van der Waals surface area (Å²) in [4.78, 5) is 17.1. The van der Waals surface area contributed by atoms with Gasteiger partial charge in [0, 0.05) is 32.6 Å². The summed E-state index contributed by atoms with van der Waals surface area (Å²) < 4.78 is 30.5. The Hall–Kier alpha value is -3.56. The largest absolute Gasteiger partial charge is 0.340 e. The molecule has 1 aliphatic heterocycles. The van der Waals surface area contributed by atoms with Crippen molar-refractivity contribution in [3.05, 3.63) is 90.0 Å². The molecule has 1 amide bonds. The number of sulfone groups is 1. The van der Waals surface area contributed by atoms with Crippen LogP contribution in [0.2, 0.25) is 0 Å². The fourth-order valence-electron chi connectivity index (χ4n) is 4.64. The van der Waals surface area contributed by atoms with Gasteiger partial charge in [0.15, 0.2) is 15.4 Å². The van der Waals surface area contributed by atoms with Gasteiger partial charge in [0.2, 0.25) is 5.91 Å². The van der Waals surface area contributed by atoms with Crippen molar-refractivity contribution in [2.45, 2.75) is 17.4 Å². The van der Waals surface area contributed by atoms with Crippen molar-refractivity contribution in [2.24, 2.45) is 0 Å². The maximum Gasteiger partial charge on any atom is 0.223 e. The summed E-state index contributed by atoms with van der Waals surface area (Å²) in [6.07, 6.45) is -0.0786. The van der Waals surface area contributed by atoms with E-state index < -0.39 is 9.84 Å². The first-order valence-electron chi connectivity index (χ1n) is 11.6. The molecule has 0 atom stereocenters. The van der Waals surface area contributed by atoms with E-state index in [0.29, 0.717) is 31.7 Å². The molecule has 8 nitrogen and oxygen atoms in total.